The van der Waals surface area contributed by atoms with E-state index in [0.29, 0.717) is 26.0 Å². The maximum atomic E-state index is 10.9. The molecule has 1 spiro atoms. The van der Waals surface area contributed by atoms with Gasteiger partial charge >= 0.3 is 5.97 Å². The van der Waals surface area contributed by atoms with Crippen LogP contribution in [0.3, 0.4) is 0 Å². The summed E-state index contributed by atoms with van der Waals surface area (Å²) in [4.78, 5) is 12.8. The molecule has 2 N–H and O–H groups in total. The van der Waals surface area contributed by atoms with E-state index in [9.17, 15) is 9.90 Å². The Hall–Kier alpha value is -0.650. The van der Waals surface area contributed by atoms with Crippen LogP contribution in [-0.2, 0) is 9.53 Å². The topological polar surface area (TPSA) is 70.0 Å². The molecular weight excluding hydrogens is 210 g/mol. The first-order chi connectivity index (χ1) is 7.52. The minimum Gasteiger partial charge on any atom is -0.480 e. The molecule has 2 aliphatic heterocycles. The number of hydrogen-bond donors (Lipinski definition) is 2. The number of aliphatic hydroxyl groups is 1. The lowest BCUT2D eigenvalue weighted by Crippen LogP contribution is -2.46. The van der Waals surface area contributed by atoms with Crippen molar-refractivity contribution in [3.05, 3.63) is 0 Å². The second kappa shape index (κ2) is 4.31. The molecule has 5 heteroatoms. The Morgan fingerprint density at radius 1 is 1.62 bits per heavy atom. The Balaban J connectivity index is 1.98. The second-order valence-corrected chi connectivity index (χ2v) is 4.91. The lowest BCUT2D eigenvalue weighted by molar-refractivity contribution is -0.143. The van der Waals surface area contributed by atoms with E-state index in [-0.39, 0.29) is 11.7 Å². The van der Waals surface area contributed by atoms with Gasteiger partial charge < -0.3 is 14.9 Å². The molecule has 5 nitrogen and oxygen atoms in total. The fraction of sp³-hybridized carbons (Fsp3) is 0.909. The molecule has 92 valence electrons. The lowest BCUT2D eigenvalue weighted by atomic mass is 9.91. The van der Waals surface area contributed by atoms with Crippen LogP contribution < -0.4 is 0 Å². The van der Waals surface area contributed by atoms with Crippen LogP contribution in [0.2, 0.25) is 0 Å². The van der Waals surface area contributed by atoms with Crippen LogP contribution in [0.5, 0.6) is 0 Å². The number of carboxylic acids is 1. The molecule has 0 aliphatic carbocycles. The van der Waals surface area contributed by atoms with Gasteiger partial charge in [-0.15, -0.1) is 0 Å². The van der Waals surface area contributed by atoms with Crippen molar-refractivity contribution in [1.29, 1.82) is 0 Å². The Morgan fingerprint density at radius 2 is 2.38 bits per heavy atom. The first kappa shape index (κ1) is 11.8. The zero-order valence-corrected chi connectivity index (χ0v) is 9.56. The van der Waals surface area contributed by atoms with E-state index in [1.165, 1.54) is 0 Å². The molecule has 0 aromatic carbocycles. The van der Waals surface area contributed by atoms with Crippen molar-refractivity contribution in [3.8, 4) is 0 Å². The van der Waals surface area contributed by atoms with Gasteiger partial charge in [0, 0.05) is 26.1 Å². The van der Waals surface area contributed by atoms with Gasteiger partial charge in [-0.1, -0.05) is 0 Å². The fourth-order valence-corrected chi connectivity index (χ4v) is 2.65. The van der Waals surface area contributed by atoms with Crippen molar-refractivity contribution in [2.45, 2.75) is 43.9 Å². The molecular formula is C11H19NO4. The molecule has 2 aliphatic rings. The minimum atomic E-state index is -0.798. The van der Waals surface area contributed by atoms with Gasteiger partial charge in [0.2, 0.25) is 0 Å². The number of ether oxygens (including phenoxy) is 1. The van der Waals surface area contributed by atoms with Crippen molar-refractivity contribution >= 4 is 5.97 Å². The van der Waals surface area contributed by atoms with E-state index in [0.717, 1.165) is 13.0 Å². The van der Waals surface area contributed by atoms with E-state index in [2.05, 4.69) is 0 Å². The molecule has 0 aromatic rings. The molecule has 0 radical (unpaired) electrons. The van der Waals surface area contributed by atoms with Gasteiger partial charge in [0.05, 0.1) is 11.7 Å². The zero-order valence-electron chi connectivity index (χ0n) is 9.56. The van der Waals surface area contributed by atoms with Gasteiger partial charge in [0.25, 0.3) is 0 Å². The molecule has 0 saturated carbocycles. The molecule has 2 rings (SSSR count). The molecule has 0 bridgehead atoms. The number of carbonyl (C=O) groups is 1. The average molecular weight is 229 g/mol. The van der Waals surface area contributed by atoms with E-state index in [1.54, 1.807) is 6.92 Å². The van der Waals surface area contributed by atoms with E-state index in [1.807, 2.05) is 4.90 Å². The van der Waals surface area contributed by atoms with Gasteiger partial charge in [-0.3, -0.25) is 9.69 Å². The Kier molecular flexibility index (Phi) is 3.19. The minimum absolute atomic E-state index is 0.297. The predicted molar refractivity (Wildman–Crippen MR) is 57.2 cm³/mol. The first-order valence-electron chi connectivity index (χ1n) is 5.81. The highest BCUT2D eigenvalue weighted by Gasteiger charge is 2.44. The van der Waals surface area contributed by atoms with E-state index < -0.39 is 12.0 Å². The number of carboxylic acid groups (broad SMARTS) is 1. The van der Waals surface area contributed by atoms with Gasteiger partial charge in [0.15, 0.2) is 0 Å². The summed E-state index contributed by atoms with van der Waals surface area (Å²) in [6, 6.07) is -0.470. The quantitative estimate of drug-likeness (QED) is 0.701. The van der Waals surface area contributed by atoms with E-state index in [4.69, 9.17) is 9.84 Å². The molecule has 2 heterocycles. The normalized spacial score (nSPS) is 37.8. The summed E-state index contributed by atoms with van der Waals surface area (Å²) >= 11 is 0. The van der Waals surface area contributed by atoms with Crippen molar-refractivity contribution in [2.75, 3.05) is 19.7 Å². The number of likely N-dealkylation sites (tertiary alicyclic amines) is 1. The second-order valence-electron chi connectivity index (χ2n) is 4.91. The summed E-state index contributed by atoms with van der Waals surface area (Å²) in [6.45, 7) is 3.63. The highest BCUT2D eigenvalue weighted by Crippen LogP contribution is 2.34. The monoisotopic (exact) mass is 229 g/mol. The van der Waals surface area contributed by atoms with Gasteiger partial charge in [-0.05, 0) is 19.8 Å². The Labute approximate surface area is 95.0 Å². The first-order valence-corrected chi connectivity index (χ1v) is 5.81. The highest BCUT2D eigenvalue weighted by atomic mass is 16.5. The van der Waals surface area contributed by atoms with Crippen LogP contribution in [0.15, 0.2) is 0 Å². The van der Waals surface area contributed by atoms with Crippen molar-refractivity contribution in [3.63, 3.8) is 0 Å². The van der Waals surface area contributed by atoms with Gasteiger partial charge in [-0.2, -0.15) is 0 Å². The number of hydrogen-bond acceptors (Lipinski definition) is 4. The fourth-order valence-electron chi connectivity index (χ4n) is 2.65. The van der Waals surface area contributed by atoms with Crippen molar-refractivity contribution < 1.29 is 19.7 Å². The summed E-state index contributed by atoms with van der Waals surface area (Å²) in [5, 5.41) is 18.6. The molecule has 0 aromatic heterocycles. The standard InChI is InChI=1S/C11H19NO4/c1-8(10(14)15)12-4-3-11(7-12)6-9(13)2-5-16-11/h8-9,13H,2-7H2,1H3,(H,14,15)/t8-,9-,11-/m1/s1. The SMILES string of the molecule is C[C@H](C(=O)O)N1CC[C@@]2(C[C@H](O)CCO2)C1. The average Bonchev–Trinajstić information content (AvgIpc) is 2.60. The Bertz CT molecular complexity index is 283. The number of aliphatic hydroxyl groups excluding tert-OH is 1. The number of aliphatic carboxylic acids is 1. The van der Waals surface area contributed by atoms with Crippen molar-refractivity contribution in [2.24, 2.45) is 0 Å². The smallest absolute Gasteiger partial charge is 0.320 e. The number of rotatable bonds is 2. The summed E-state index contributed by atoms with van der Waals surface area (Å²) < 4.78 is 5.76. The third kappa shape index (κ3) is 2.21. The van der Waals surface area contributed by atoms with Gasteiger partial charge in [0.1, 0.15) is 6.04 Å². The van der Waals surface area contributed by atoms with Crippen LogP contribution >= 0.6 is 0 Å². The third-order valence-electron chi connectivity index (χ3n) is 3.72. The largest absolute Gasteiger partial charge is 0.480 e. The summed E-state index contributed by atoms with van der Waals surface area (Å²) in [5.74, 6) is -0.798. The number of nitrogens with zero attached hydrogens (tertiary/aromatic N) is 1. The van der Waals surface area contributed by atoms with Crippen LogP contribution in [0.25, 0.3) is 0 Å². The zero-order chi connectivity index (χ0) is 11.8. The van der Waals surface area contributed by atoms with Crippen LogP contribution in [0.1, 0.15) is 26.2 Å². The summed E-state index contributed by atoms with van der Waals surface area (Å²) in [6.07, 6.45) is 1.85. The molecule has 16 heavy (non-hydrogen) atoms. The molecule has 0 unspecified atom stereocenters. The maximum Gasteiger partial charge on any atom is 0.320 e. The highest BCUT2D eigenvalue weighted by molar-refractivity contribution is 5.72. The van der Waals surface area contributed by atoms with Crippen LogP contribution in [0.4, 0.5) is 0 Å². The van der Waals surface area contributed by atoms with Gasteiger partial charge in [-0.25, -0.2) is 0 Å². The molecule has 0 amide bonds. The summed E-state index contributed by atoms with van der Waals surface area (Å²) in [7, 11) is 0. The third-order valence-corrected chi connectivity index (χ3v) is 3.72. The van der Waals surface area contributed by atoms with Crippen LogP contribution in [0, 0.1) is 0 Å². The van der Waals surface area contributed by atoms with E-state index >= 15 is 0 Å². The lowest BCUT2D eigenvalue weighted by Gasteiger charge is -2.36. The van der Waals surface area contributed by atoms with Crippen LogP contribution in [-0.4, -0.2) is 58.5 Å². The molecule has 2 saturated heterocycles. The molecule has 3 atom stereocenters. The van der Waals surface area contributed by atoms with Crippen molar-refractivity contribution in [1.82, 2.24) is 4.90 Å². The molecule has 2 fully saturated rings. The predicted octanol–water partition coefficient (Wildman–Crippen LogP) is 0.0753. The summed E-state index contributed by atoms with van der Waals surface area (Å²) in [5.41, 5.74) is -0.304. The Morgan fingerprint density at radius 3 is 3.00 bits per heavy atom. The maximum absolute atomic E-state index is 10.9.